The summed E-state index contributed by atoms with van der Waals surface area (Å²) in [5.74, 6) is 0. The minimum Gasteiger partial charge on any atom is -0.314 e. The Hall–Kier alpha value is -0.0800. The molecule has 0 spiro atoms. The first kappa shape index (κ1) is 16.9. The van der Waals surface area contributed by atoms with Gasteiger partial charge in [0.05, 0.1) is 0 Å². The van der Waals surface area contributed by atoms with Crippen LogP contribution in [0.2, 0.25) is 0 Å². The lowest BCUT2D eigenvalue weighted by Crippen LogP contribution is -2.34. The predicted molar refractivity (Wildman–Crippen MR) is 78.6 cm³/mol. The van der Waals surface area contributed by atoms with Crippen LogP contribution in [-0.4, -0.2) is 37.1 Å². The van der Waals surface area contributed by atoms with Crippen molar-refractivity contribution >= 4 is 0 Å². The van der Waals surface area contributed by atoms with Gasteiger partial charge in [0.15, 0.2) is 0 Å². The van der Waals surface area contributed by atoms with Crippen molar-refractivity contribution in [3.63, 3.8) is 0 Å². The molecule has 0 aliphatic rings. The van der Waals surface area contributed by atoms with Gasteiger partial charge in [-0.2, -0.15) is 0 Å². The molecule has 0 saturated carbocycles. The Morgan fingerprint density at radius 3 is 1.94 bits per heavy atom. The van der Waals surface area contributed by atoms with Gasteiger partial charge in [-0.05, 0) is 58.8 Å². The zero-order valence-corrected chi connectivity index (χ0v) is 12.6. The molecule has 0 rings (SSSR count). The summed E-state index contributed by atoms with van der Waals surface area (Å²) in [6.07, 6.45) is 7.84. The first-order valence-corrected chi connectivity index (χ1v) is 7.70. The summed E-state index contributed by atoms with van der Waals surface area (Å²) in [7, 11) is 0. The van der Waals surface area contributed by atoms with Crippen molar-refractivity contribution in [1.82, 2.24) is 10.2 Å². The largest absolute Gasteiger partial charge is 0.314 e. The van der Waals surface area contributed by atoms with Crippen LogP contribution in [0.1, 0.15) is 66.2 Å². The van der Waals surface area contributed by atoms with E-state index in [1.165, 1.54) is 58.2 Å². The fourth-order valence-electron chi connectivity index (χ4n) is 1.97. The number of nitrogens with one attached hydrogen (secondary N) is 1. The lowest BCUT2D eigenvalue weighted by molar-refractivity contribution is 0.251. The van der Waals surface area contributed by atoms with Crippen molar-refractivity contribution in [2.45, 2.75) is 72.3 Å². The van der Waals surface area contributed by atoms with Crippen molar-refractivity contribution in [3.05, 3.63) is 0 Å². The highest BCUT2D eigenvalue weighted by Gasteiger charge is 2.06. The van der Waals surface area contributed by atoms with Crippen LogP contribution in [0.3, 0.4) is 0 Å². The van der Waals surface area contributed by atoms with E-state index < -0.39 is 0 Å². The van der Waals surface area contributed by atoms with E-state index in [1.807, 2.05) is 0 Å². The molecule has 0 aromatic rings. The van der Waals surface area contributed by atoms with Crippen molar-refractivity contribution in [1.29, 1.82) is 0 Å². The van der Waals surface area contributed by atoms with Crippen molar-refractivity contribution in [3.8, 4) is 0 Å². The fraction of sp³-hybridized carbons (Fsp3) is 1.00. The molecule has 104 valence electrons. The Kier molecular flexibility index (Phi) is 12.3. The molecule has 17 heavy (non-hydrogen) atoms. The smallest absolute Gasteiger partial charge is 0.00508 e. The Morgan fingerprint density at radius 1 is 0.882 bits per heavy atom. The molecular weight excluding hydrogens is 208 g/mol. The normalized spacial score (nSPS) is 13.2. The van der Waals surface area contributed by atoms with Crippen LogP contribution in [0.25, 0.3) is 0 Å². The molecule has 0 aliphatic heterocycles. The molecule has 0 saturated heterocycles. The Balaban J connectivity index is 3.71. The quantitative estimate of drug-likeness (QED) is 0.562. The van der Waals surface area contributed by atoms with E-state index >= 15 is 0 Å². The first-order chi connectivity index (χ1) is 8.24. The summed E-state index contributed by atoms with van der Waals surface area (Å²) in [5.41, 5.74) is 0. The maximum Gasteiger partial charge on any atom is 0.00508 e. The highest BCUT2D eigenvalue weighted by atomic mass is 15.1. The van der Waals surface area contributed by atoms with E-state index in [0.29, 0.717) is 6.04 Å². The zero-order valence-electron chi connectivity index (χ0n) is 12.6. The molecule has 1 atom stereocenters. The lowest BCUT2D eigenvalue weighted by Gasteiger charge is -2.24. The predicted octanol–water partition coefficient (Wildman–Crippen LogP) is 3.67. The summed E-state index contributed by atoms with van der Waals surface area (Å²) < 4.78 is 0. The molecule has 1 unspecified atom stereocenters. The van der Waals surface area contributed by atoms with Gasteiger partial charge in [-0.15, -0.1) is 0 Å². The molecular formula is C15H34N2. The summed E-state index contributed by atoms with van der Waals surface area (Å²) in [6, 6.07) is 0.667. The first-order valence-electron chi connectivity index (χ1n) is 7.70. The van der Waals surface area contributed by atoms with Gasteiger partial charge in [0.2, 0.25) is 0 Å². The Labute approximate surface area is 109 Å². The molecule has 0 radical (unpaired) electrons. The Bertz CT molecular complexity index is 140. The van der Waals surface area contributed by atoms with E-state index in [2.05, 4.69) is 37.9 Å². The standard InChI is InChI=1S/C15H34N2/c1-5-8-12-17(13-9-6-2)14-10-15(4)16-11-7-3/h15-16H,5-14H2,1-4H3. The minimum absolute atomic E-state index is 0.667. The van der Waals surface area contributed by atoms with Crippen LogP contribution < -0.4 is 5.32 Å². The second-order valence-corrected chi connectivity index (χ2v) is 5.19. The molecule has 0 aromatic carbocycles. The van der Waals surface area contributed by atoms with Gasteiger partial charge < -0.3 is 10.2 Å². The zero-order chi connectivity index (χ0) is 12.9. The molecule has 0 heterocycles. The van der Waals surface area contributed by atoms with Crippen LogP contribution in [0.4, 0.5) is 0 Å². The fourth-order valence-corrected chi connectivity index (χ4v) is 1.97. The molecule has 2 nitrogen and oxygen atoms in total. The molecule has 0 amide bonds. The number of nitrogens with zero attached hydrogens (tertiary/aromatic N) is 1. The van der Waals surface area contributed by atoms with Crippen LogP contribution in [0.5, 0.6) is 0 Å². The van der Waals surface area contributed by atoms with E-state index in [4.69, 9.17) is 0 Å². The van der Waals surface area contributed by atoms with Crippen LogP contribution in [-0.2, 0) is 0 Å². The molecule has 2 heteroatoms. The van der Waals surface area contributed by atoms with Crippen molar-refractivity contribution in [2.24, 2.45) is 0 Å². The second-order valence-electron chi connectivity index (χ2n) is 5.19. The minimum atomic E-state index is 0.667. The van der Waals surface area contributed by atoms with Crippen LogP contribution in [0, 0.1) is 0 Å². The maximum atomic E-state index is 3.57. The topological polar surface area (TPSA) is 15.3 Å². The average molecular weight is 242 g/mol. The third-order valence-corrected chi connectivity index (χ3v) is 3.28. The number of unbranched alkanes of at least 4 members (excludes halogenated alkanes) is 2. The van der Waals surface area contributed by atoms with Gasteiger partial charge in [0.25, 0.3) is 0 Å². The molecule has 0 aromatic heterocycles. The third kappa shape index (κ3) is 10.8. The van der Waals surface area contributed by atoms with Crippen molar-refractivity contribution < 1.29 is 0 Å². The van der Waals surface area contributed by atoms with Gasteiger partial charge in [0.1, 0.15) is 0 Å². The van der Waals surface area contributed by atoms with Gasteiger partial charge in [-0.1, -0.05) is 33.6 Å². The summed E-state index contributed by atoms with van der Waals surface area (Å²) >= 11 is 0. The number of hydrogen-bond donors (Lipinski definition) is 1. The van der Waals surface area contributed by atoms with Gasteiger partial charge >= 0.3 is 0 Å². The van der Waals surface area contributed by atoms with E-state index in [9.17, 15) is 0 Å². The molecule has 0 aliphatic carbocycles. The Morgan fingerprint density at radius 2 is 1.47 bits per heavy atom. The third-order valence-electron chi connectivity index (χ3n) is 3.28. The number of hydrogen-bond acceptors (Lipinski definition) is 2. The highest BCUT2D eigenvalue weighted by Crippen LogP contribution is 2.02. The van der Waals surface area contributed by atoms with Crippen LogP contribution in [0.15, 0.2) is 0 Å². The summed E-state index contributed by atoms with van der Waals surface area (Å²) in [4.78, 5) is 2.65. The van der Waals surface area contributed by atoms with Crippen LogP contribution >= 0.6 is 0 Å². The second kappa shape index (κ2) is 12.4. The lowest BCUT2D eigenvalue weighted by atomic mass is 10.2. The average Bonchev–Trinajstić information content (AvgIpc) is 2.35. The molecule has 0 fully saturated rings. The monoisotopic (exact) mass is 242 g/mol. The number of rotatable bonds is 12. The molecule has 0 bridgehead atoms. The van der Waals surface area contributed by atoms with E-state index in [-0.39, 0.29) is 0 Å². The maximum absolute atomic E-state index is 3.57. The van der Waals surface area contributed by atoms with E-state index in [0.717, 1.165) is 6.54 Å². The van der Waals surface area contributed by atoms with Crippen molar-refractivity contribution in [2.75, 3.05) is 26.2 Å². The summed E-state index contributed by atoms with van der Waals surface area (Å²) in [6.45, 7) is 14.1. The van der Waals surface area contributed by atoms with Gasteiger partial charge in [-0.3, -0.25) is 0 Å². The highest BCUT2D eigenvalue weighted by molar-refractivity contribution is 4.65. The van der Waals surface area contributed by atoms with Gasteiger partial charge in [-0.25, -0.2) is 0 Å². The SMILES string of the molecule is CCCCN(CCCC)CCC(C)NCCC. The van der Waals surface area contributed by atoms with E-state index in [1.54, 1.807) is 0 Å². The molecule has 1 N–H and O–H groups in total. The van der Waals surface area contributed by atoms with Gasteiger partial charge in [0, 0.05) is 6.04 Å². The summed E-state index contributed by atoms with van der Waals surface area (Å²) in [5, 5.41) is 3.57.